The fourth-order valence-corrected chi connectivity index (χ4v) is 7.26. The van der Waals surface area contributed by atoms with Crippen LogP contribution in [0.3, 0.4) is 0 Å². The van der Waals surface area contributed by atoms with Crippen LogP contribution in [0.5, 0.6) is 11.5 Å². The van der Waals surface area contributed by atoms with E-state index in [1.165, 1.54) is 6.20 Å². The number of rotatable bonds is 20. The average molecular weight is 828 g/mol. The van der Waals surface area contributed by atoms with Crippen molar-refractivity contribution in [3.8, 4) is 39.8 Å². The SMILES string of the molecule is Cc1c(COc2cc(OCc3cncc(C#N)c3)c(CNCCCC(=O)O)cc2Cl)cccc1-c1cccc(-c2cnc3c(CNCC(O)CC(=O)O)cccc3c2)c1C. The van der Waals surface area contributed by atoms with Gasteiger partial charge in [0.2, 0.25) is 0 Å². The van der Waals surface area contributed by atoms with Crippen LogP contribution in [0.2, 0.25) is 5.02 Å². The fraction of sp³-hybridized carbons (Fsp3) is 0.255. The van der Waals surface area contributed by atoms with Crippen LogP contribution in [0.15, 0.2) is 97.5 Å². The lowest BCUT2D eigenvalue weighted by molar-refractivity contribution is -0.139. The second kappa shape index (κ2) is 20.6. The van der Waals surface area contributed by atoms with Gasteiger partial charge in [0.25, 0.3) is 0 Å². The molecule has 0 radical (unpaired) electrons. The van der Waals surface area contributed by atoms with E-state index < -0.39 is 18.0 Å². The molecule has 2 aromatic heterocycles. The summed E-state index contributed by atoms with van der Waals surface area (Å²) in [6.45, 7) is 6.07. The first kappa shape index (κ1) is 43.2. The number of nitrogens with zero attached hydrogens (tertiary/aromatic N) is 3. The summed E-state index contributed by atoms with van der Waals surface area (Å²) >= 11 is 6.80. The first-order valence-electron chi connectivity index (χ1n) is 19.5. The van der Waals surface area contributed by atoms with Crippen LogP contribution in [-0.2, 0) is 35.9 Å². The highest BCUT2D eigenvalue weighted by Gasteiger charge is 2.17. The minimum Gasteiger partial charge on any atom is -0.488 e. The largest absolute Gasteiger partial charge is 0.488 e. The van der Waals surface area contributed by atoms with Crippen molar-refractivity contribution in [2.45, 2.75) is 65.5 Å². The molecule has 0 aliphatic rings. The second-order valence-corrected chi connectivity index (χ2v) is 14.9. The van der Waals surface area contributed by atoms with Crippen LogP contribution >= 0.6 is 11.6 Å². The van der Waals surface area contributed by atoms with Gasteiger partial charge in [-0.05, 0) is 84.0 Å². The van der Waals surface area contributed by atoms with Crippen LogP contribution < -0.4 is 20.1 Å². The number of aliphatic hydroxyl groups excluding tert-OH is 1. The van der Waals surface area contributed by atoms with Crippen LogP contribution in [0.1, 0.15) is 58.2 Å². The van der Waals surface area contributed by atoms with Gasteiger partial charge in [-0.3, -0.25) is 19.6 Å². The molecule has 0 spiro atoms. The Hall–Kier alpha value is -6.36. The zero-order valence-corrected chi connectivity index (χ0v) is 34.1. The Morgan fingerprint density at radius 1 is 0.800 bits per heavy atom. The molecular weight excluding hydrogens is 782 g/mol. The number of nitriles is 1. The molecule has 6 rings (SSSR count). The predicted molar refractivity (Wildman–Crippen MR) is 230 cm³/mol. The van der Waals surface area contributed by atoms with E-state index in [4.69, 9.17) is 36.3 Å². The molecule has 12 nitrogen and oxygen atoms in total. The number of aliphatic hydroxyl groups is 1. The van der Waals surface area contributed by atoms with Gasteiger partial charge in [0, 0.05) is 72.8 Å². The summed E-state index contributed by atoms with van der Waals surface area (Å²) in [7, 11) is 0. The van der Waals surface area contributed by atoms with Gasteiger partial charge in [-0.25, -0.2) is 0 Å². The molecule has 0 amide bonds. The van der Waals surface area contributed by atoms with E-state index in [0.29, 0.717) is 48.1 Å². The van der Waals surface area contributed by atoms with Crippen molar-refractivity contribution in [3.05, 3.63) is 141 Å². The predicted octanol–water partition coefficient (Wildman–Crippen LogP) is 8.14. The quantitative estimate of drug-likeness (QED) is 0.0466. The number of halogens is 1. The number of aliphatic carboxylic acids is 2. The number of fused-ring (bicyclic) bond motifs is 1. The van der Waals surface area contributed by atoms with Crippen molar-refractivity contribution in [2.75, 3.05) is 13.1 Å². The number of para-hydroxylation sites is 1. The first-order valence-corrected chi connectivity index (χ1v) is 19.9. The first-order chi connectivity index (χ1) is 29.0. The Bertz CT molecular complexity index is 2540. The molecule has 2 heterocycles. The third-order valence-electron chi connectivity index (χ3n) is 10.2. The van der Waals surface area contributed by atoms with E-state index in [0.717, 1.165) is 66.5 Å². The molecule has 0 bridgehead atoms. The standard InChI is InChI=1S/C47H46ClN5O7/c1-29-35(28-60-44-19-43(59-27-32-15-31(20-49)21-51-22-32)37(17-42(44)48)24-50-14-6-13-45(55)56)9-4-11-40(29)41-12-5-10-39(30(41)2)36-16-33-7-3-8-34(47(33)53-25-36)23-52-26-38(54)18-46(57)58/h3-5,7-12,15-17,19,21-22,25,38,50,52,54H,6,13-14,18,23-24,26-28H2,1-2H3,(H,55,56)(H,57,58). The molecule has 0 saturated carbocycles. The maximum Gasteiger partial charge on any atom is 0.306 e. The van der Waals surface area contributed by atoms with Crippen molar-refractivity contribution in [1.82, 2.24) is 20.6 Å². The van der Waals surface area contributed by atoms with E-state index in [9.17, 15) is 20.0 Å². The Morgan fingerprint density at radius 2 is 1.52 bits per heavy atom. The third kappa shape index (κ3) is 11.2. The number of hydrogen-bond donors (Lipinski definition) is 5. The van der Waals surface area contributed by atoms with Crippen molar-refractivity contribution in [3.63, 3.8) is 0 Å². The van der Waals surface area contributed by atoms with Gasteiger partial charge in [-0.1, -0.05) is 66.2 Å². The molecule has 6 aromatic rings. The van der Waals surface area contributed by atoms with Crippen LogP contribution in [0.25, 0.3) is 33.2 Å². The van der Waals surface area contributed by atoms with Gasteiger partial charge in [0.15, 0.2) is 0 Å². The average Bonchev–Trinajstić information content (AvgIpc) is 3.23. The van der Waals surface area contributed by atoms with Crippen LogP contribution in [-0.4, -0.2) is 56.4 Å². The molecule has 0 aliphatic heterocycles. The van der Waals surface area contributed by atoms with Crippen LogP contribution in [0, 0.1) is 25.2 Å². The molecule has 4 aromatic carbocycles. The van der Waals surface area contributed by atoms with E-state index in [2.05, 4.69) is 59.8 Å². The van der Waals surface area contributed by atoms with Gasteiger partial charge < -0.3 is 35.4 Å². The summed E-state index contributed by atoms with van der Waals surface area (Å²) in [5, 5.41) is 45.0. The van der Waals surface area contributed by atoms with Crippen molar-refractivity contribution in [1.29, 1.82) is 5.26 Å². The topological polar surface area (TPSA) is 187 Å². The lowest BCUT2D eigenvalue weighted by Gasteiger charge is -2.18. The molecule has 5 N–H and O–H groups in total. The highest BCUT2D eigenvalue weighted by atomic mass is 35.5. The van der Waals surface area contributed by atoms with Gasteiger partial charge >= 0.3 is 11.9 Å². The number of hydrogen-bond acceptors (Lipinski definition) is 10. The Kier molecular flexibility index (Phi) is 14.8. The number of nitrogens with one attached hydrogen (secondary N) is 2. The van der Waals surface area contributed by atoms with Crippen molar-refractivity contribution < 1.29 is 34.4 Å². The third-order valence-corrected chi connectivity index (χ3v) is 10.5. The van der Waals surface area contributed by atoms with Crippen molar-refractivity contribution in [2.24, 2.45) is 0 Å². The number of benzene rings is 4. The van der Waals surface area contributed by atoms with E-state index in [1.807, 2.05) is 42.6 Å². The van der Waals surface area contributed by atoms with Crippen LogP contribution in [0.4, 0.5) is 0 Å². The zero-order chi connectivity index (χ0) is 42.6. The molecule has 0 saturated heterocycles. The molecule has 60 heavy (non-hydrogen) atoms. The number of carboxylic acid groups (broad SMARTS) is 2. The maximum atomic E-state index is 11.0. The van der Waals surface area contributed by atoms with Gasteiger partial charge in [-0.15, -0.1) is 0 Å². The molecule has 1 unspecified atom stereocenters. The van der Waals surface area contributed by atoms with Gasteiger partial charge in [0.05, 0.1) is 28.6 Å². The minimum atomic E-state index is -1.04. The van der Waals surface area contributed by atoms with E-state index in [1.54, 1.807) is 24.4 Å². The Labute approximate surface area is 353 Å². The molecular formula is C47H46ClN5O7. The van der Waals surface area contributed by atoms with Gasteiger partial charge in [-0.2, -0.15) is 5.26 Å². The molecule has 0 aliphatic carbocycles. The Morgan fingerprint density at radius 3 is 2.30 bits per heavy atom. The minimum absolute atomic E-state index is 0.0639. The number of ether oxygens (including phenoxy) is 2. The molecule has 13 heteroatoms. The van der Waals surface area contributed by atoms with Crippen molar-refractivity contribution >= 4 is 34.4 Å². The number of aromatic nitrogens is 2. The highest BCUT2D eigenvalue weighted by molar-refractivity contribution is 6.32. The maximum absolute atomic E-state index is 11.0. The number of pyridine rings is 2. The lowest BCUT2D eigenvalue weighted by Crippen LogP contribution is -2.28. The molecule has 1 atom stereocenters. The van der Waals surface area contributed by atoms with E-state index in [-0.39, 0.29) is 32.6 Å². The number of carbonyl (C=O) groups is 2. The molecule has 308 valence electrons. The summed E-state index contributed by atoms with van der Waals surface area (Å²) in [6.07, 6.45) is 4.25. The normalized spacial score (nSPS) is 11.6. The summed E-state index contributed by atoms with van der Waals surface area (Å²) in [5.74, 6) is -0.922. The number of carboxylic acids is 2. The van der Waals surface area contributed by atoms with E-state index >= 15 is 0 Å². The monoisotopic (exact) mass is 827 g/mol. The lowest BCUT2D eigenvalue weighted by atomic mass is 9.89. The smallest absolute Gasteiger partial charge is 0.306 e. The molecule has 0 fully saturated rings. The highest BCUT2D eigenvalue weighted by Crippen LogP contribution is 2.37. The summed E-state index contributed by atoms with van der Waals surface area (Å²) in [5.41, 5.74) is 11.0. The second-order valence-electron chi connectivity index (χ2n) is 14.5. The fourth-order valence-electron chi connectivity index (χ4n) is 7.02. The van der Waals surface area contributed by atoms with Gasteiger partial charge in [0.1, 0.15) is 30.8 Å². The zero-order valence-electron chi connectivity index (χ0n) is 33.4. The summed E-state index contributed by atoms with van der Waals surface area (Å²) in [6, 6.07) is 27.8. The Balaban J connectivity index is 1.20. The summed E-state index contributed by atoms with van der Waals surface area (Å²) in [4.78, 5) is 30.8. The summed E-state index contributed by atoms with van der Waals surface area (Å²) < 4.78 is 12.6.